The lowest BCUT2D eigenvalue weighted by atomic mass is 10.2. The Balaban J connectivity index is 1.67. The summed E-state index contributed by atoms with van der Waals surface area (Å²) in [5.74, 6) is -1.03. The molecule has 0 aromatic carbocycles. The Morgan fingerprint density at radius 3 is 1.89 bits per heavy atom. The maximum Gasteiger partial charge on any atom is 0.272 e. The zero-order valence-electron chi connectivity index (χ0n) is 20.0. The van der Waals surface area contributed by atoms with Crippen molar-refractivity contribution >= 4 is 34.9 Å². The molecule has 0 saturated heterocycles. The van der Waals surface area contributed by atoms with Gasteiger partial charge in [0.15, 0.2) is 0 Å². The Labute approximate surface area is 203 Å². The fraction of sp³-hybridized carbons (Fsp3) is 0.250. The van der Waals surface area contributed by atoms with Gasteiger partial charge in [0.25, 0.3) is 17.7 Å². The topological polar surface area (TPSA) is 152 Å². The van der Waals surface area contributed by atoms with Gasteiger partial charge in [-0.1, -0.05) is 6.08 Å². The van der Waals surface area contributed by atoms with Crippen molar-refractivity contribution < 1.29 is 14.4 Å². The van der Waals surface area contributed by atoms with Gasteiger partial charge in [-0.2, -0.15) is 0 Å². The quantitative estimate of drug-likeness (QED) is 0.172. The molecule has 0 unspecified atom stereocenters. The van der Waals surface area contributed by atoms with E-state index in [9.17, 15) is 14.4 Å². The number of hydrogen-bond acceptors (Lipinski definition) is 4. The Hall–Kier alpha value is -4.54. The molecule has 11 heteroatoms. The first-order chi connectivity index (χ1) is 16.6. The second-order valence-electron chi connectivity index (χ2n) is 8.23. The predicted molar refractivity (Wildman–Crippen MR) is 135 cm³/mol. The number of hydrogen-bond donors (Lipinski definition) is 5. The van der Waals surface area contributed by atoms with Crippen LogP contribution in [0.1, 0.15) is 43.4 Å². The third kappa shape index (κ3) is 6.08. The summed E-state index contributed by atoms with van der Waals surface area (Å²) in [6.07, 6.45) is 7.84. The number of rotatable bonds is 10. The number of nitrogens with one attached hydrogen (secondary N) is 4. The van der Waals surface area contributed by atoms with Crippen molar-refractivity contribution in [3.8, 4) is 0 Å². The van der Waals surface area contributed by atoms with Crippen molar-refractivity contribution in [1.29, 1.82) is 5.41 Å². The van der Waals surface area contributed by atoms with Crippen molar-refractivity contribution in [3.05, 3.63) is 72.1 Å². The van der Waals surface area contributed by atoms with Gasteiger partial charge in [0.1, 0.15) is 17.1 Å². The van der Waals surface area contributed by atoms with E-state index in [1.807, 2.05) is 6.20 Å². The Morgan fingerprint density at radius 2 is 1.37 bits per heavy atom. The highest BCUT2D eigenvalue weighted by Crippen LogP contribution is 2.19. The third-order valence-electron chi connectivity index (χ3n) is 5.35. The van der Waals surface area contributed by atoms with Gasteiger partial charge in [0, 0.05) is 52.7 Å². The van der Waals surface area contributed by atoms with E-state index in [2.05, 4.69) is 22.5 Å². The molecule has 184 valence electrons. The van der Waals surface area contributed by atoms with Crippen molar-refractivity contribution in [2.45, 2.75) is 12.8 Å². The molecule has 0 fully saturated rings. The van der Waals surface area contributed by atoms with E-state index >= 15 is 0 Å². The first kappa shape index (κ1) is 25.1. The Bertz CT molecular complexity index is 1290. The monoisotopic (exact) mass is 478 g/mol. The van der Waals surface area contributed by atoms with E-state index in [-0.39, 0.29) is 30.6 Å². The van der Waals surface area contributed by atoms with Gasteiger partial charge in [-0.25, -0.2) is 0 Å². The molecule has 11 nitrogen and oxygen atoms in total. The molecule has 0 aliphatic heterocycles. The smallest absolute Gasteiger partial charge is 0.272 e. The van der Waals surface area contributed by atoms with Crippen LogP contribution in [0.5, 0.6) is 0 Å². The Kier molecular flexibility index (Phi) is 7.59. The summed E-state index contributed by atoms with van der Waals surface area (Å²) in [6, 6.07) is 4.94. The molecule has 3 aromatic heterocycles. The van der Waals surface area contributed by atoms with Crippen LogP contribution in [0.15, 0.2) is 49.4 Å². The van der Waals surface area contributed by atoms with Crippen LogP contribution in [0.3, 0.4) is 0 Å². The lowest BCUT2D eigenvalue weighted by molar-refractivity contribution is 0.0945. The zero-order chi connectivity index (χ0) is 25.7. The minimum atomic E-state index is -0.394. The molecule has 0 aliphatic carbocycles. The first-order valence-electron chi connectivity index (χ1n) is 10.9. The SMILES string of the molecule is C=CCc1cc(C(=O)Nc2cc(C(=O)Nc3cc(C(=O)NCCC(=N)N)n(C)c3)n(C)c2)n(C)c1. The molecule has 0 spiro atoms. The summed E-state index contributed by atoms with van der Waals surface area (Å²) in [4.78, 5) is 37.9. The summed E-state index contributed by atoms with van der Waals surface area (Å²) < 4.78 is 4.95. The van der Waals surface area contributed by atoms with Gasteiger partial charge in [-0.3, -0.25) is 19.8 Å². The molecule has 3 rings (SSSR count). The highest BCUT2D eigenvalue weighted by Gasteiger charge is 2.18. The zero-order valence-corrected chi connectivity index (χ0v) is 20.0. The van der Waals surface area contributed by atoms with E-state index in [1.165, 1.54) is 0 Å². The average molecular weight is 479 g/mol. The van der Waals surface area contributed by atoms with Crippen molar-refractivity contribution in [2.75, 3.05) is 17.2 Å². The molecule has 0 aliphatic rings. The van der Waals surface area contributed by atoms with E-state index in [0.717, 1.165) is 5.56 Å². The van der Waals surface area contributed by atoms with Crippen LogP contribution in [0.4, 0.5) is 11.4 Å². The first-order valence-corrected chi connectivity index (χ1v) is 10.9. The number of anilines is 2. The van der Waals surface area contributed by atoms with E-state index in [1.54, 1.807) is 71.5 Å². The highest BCUT2D eigenvalue weighted by atomic mass is 16.2. The number of aromatic nitrogens is 3. The van der Waals surface area contributed by atoms with E-state index < -0.39 is 5.91 Å². The molecule has 6 N–H and O–H groups in total. The van der Waals surface area contributed by atoms with Gasteiger partial charge in [-0.05, 0) is 30.2 Å². The van der Waals surface area contributed by atoms with E-state index in [4.69, 9.17) is 11.1 Å². The van der Waals surface area contributed by atoms with Crippen molar-refractivity contribution in [3.63, 3.8) is 0 Å². The number of carbonyl (C=O) groups excluding carboxylic acids is 3. The van der Waals surface area contributed by atoms with E-state index in [0.29, 0.717) is 34.9 Å². The molecule has 0 radical (unpaired) electrons. The van der Waals surface area contributed by atoms with Crippen LogP contribution >= 0.6 is 0 Å². The lowest BCUT2D eigenvalue weighted by Crippen LogP contribution is -2.28. The molecular formula is C24H30N8O3. The summed E-state index contributed by atoms with van der Waals surface area (Å²) in [6.45, 7) is 3.96. The molecule has 0 atom stereocenters. The number of amidine groups is 1. The summed E-state index contributed by atoms with van der Waals surface area (Å²) >= 11 is 0. The summed E-state index contributed by atoms with van der Waals surface area (Å²) in [5.41, 5.74) is 8.38. The largest absolute Gasteiger partial charge is 0.388 e. The minimum absolute atomic E-state index is 0.00985. The number of carbonyl (C=O) groups is 3. The van der Waals surface area contributed by atoms with Crippen LogP contribution < -0.4 is 21.7 Å². The lowest BCUT2D eigenvalue weighted by Gasteiger charge is -2.04. The predicted octanol–water partition coefficient (Wildman–Crippen LogP) is 1.99. The Morgan fingerprint density at radius 1 is 0.886 bits per heavy atom. The average Bonchev–Trinajstić information content (AvgIpc) is 3.44. The number of nitrogens with two attached hydrogens (primary N) is 1. The van der Waals surface area contributed by atoms with Gasteiger partial charge < -0.3 is 35.4 Å². The number of allylic oxidation sites excluding steroid dienone is 1. The highest BCUT2D eigenvalue weighted by molar-refractivity contribution is 6.07. The van der Waals surface area contributed by atoms with Crippen LogP contribution in [-0.4, -0.2) is 43.8 Å². The molecule has 35 heavy (non-hydrogen) atoms. The maximum atomic E-state index is 12.9. The van der Waals surface area contributed by atoms with Crippen molar-refractivity contribution in [2.24, 2.45) is 26.9 Å². The van der Waals surface area contributed by atoms with Gasteiger partial charge in [-0.15, -0.1) is 6.58 Å². The number of nitrogens with zero attached hydrogens (tertiary/aromatic N) is 3. The minimum Gasteiger partial charge on any atom is -0.388 e. The summed E-state index contributed by atoms with van der Waals surface area (Å²) in [5, 5.41) is 15.5. The molecular weight excluding hydrogens is 448 g/mol. The van der Waals surface area contributed by atoms with Crippen LogP contribution in [0.2, 0.25) is 0 Å². The van der Waals surface area contributed by atoms with Gasteiger partial charge >= 0.3 is 0 Å². The van der Waals surface area contributed by atoms with Gasteiger partial charge in [0.05, 0.1) is 17.2 Å². The second kappa shape index (κ2) is 10.6. The molecule has 0 saturated carbocycles. The number of aryl methyl sites for hydroxylation is 3. The number of amides is 3. The van der Waals surface area contributed by atoms with Crippen molar-refractivity contribution in [1.82, 2.24) is 19.0 Å². The normalized spacial score (nSPS) is 10.6. The van der Waals surface area contributed by atoms with Crippen LogP contribution in [0.25, 0.3) is 0 Å². The molecule has 3 amide bonds. The molecule has 0 bridgehead atoms. The molecule has 3 heterocycles. The fourth-order valence-corrected chi connectivity index (χ4v) is 3.65. The summed E-state index contributed by atoms with van der Waals surface area (Å²) in [7, 11) is 5.19. The fourth-order valence-electron chi connectivity index (χ4n) is 3.65. The second-order valence-corrected chi connectivity index (χ2v) is 8.23. The standard InChI is InChI=1S/C24H30N8O3/c1-5-6-15-9-18(30(2)12-15)23(34)28-17-11-20(32(4)14-17)24(35)29-16-10-19(31(3)13-16)22(33)27-8-7-21(25)26/h5,9-14H,1,6-8H2,2-4H3,(H3,25,26)(H,27,33)(H,28,34)(H,29,35). The van der Waals surface area contributed by atoms with Crippen LogP contribution in [-0.2, 0) is 27.6 Å². The third-order valence-corrected chi connectivity index (χ3v) is 5.35. The maximum absolute atomic E-state index is 12.9. The molecule has 3 aromatic rings. The van der Waals surface area contributed by atoms with Gasteiger partial charge in [0.2, 0.25) is 0 Å². The van der Waals surface area contributed by atoms with Crippen LogP contribution in [0, 0.1) is 5.41 Å².